The highest BCUT2D eigenvalue weighted by atomic mass is 16.3. The molecule has 0 aliphatic heterocycles. The lowest BCUT2D eigenvalue weighted by molar-refractivity contribution is -0.119. The predicted octanol–water partition coefficient (Wildman–Crippen LogP) is 5.61. The van der Waals surface area contributed by atoms with E-state index in [0.717, 1.165) is 25.7 Å². The van der Waals surface area contributed by atoms with Gasteiger partial charge in [-0.25, -0.2) is 0 Å². The summed E-state index contributed by atoms with van der Waals surface area (Å²) in [5.74, 6) is -0.0220. The molecule has 0 N–H and O–H groups in total. The van der Waals surface area contributed by atoms with Crippen molar-refractivity contribution < 1.29 is 9.59 Å². The van der Waals surface area contributed by atoms with Crippen molar-refractivity contribution in [1.82, 2.24) is 0 Å². The predicted molar refractivity (Wildman–Crippen MR) is 105 cm³/mol. The molecule has 0 aromatic heterocycles. The van der Waals surface area contributed by atoms with Crippen LogP contribution in [-0.2, 0) is 9.59 Å². The highest BCUT2D eigenvalue weighted by molar-refractivity contribution is 5.81. The molecule has 0 heterocycles. The monoisotopic (exact) mass is 368 g/mol. The molecule has 0 spiro atoms. The molecule has 6 heteroatoms. The van der Waals surface area contributed by atoms with Crippen LogP contribution in [0.4, 0.5) is 0 Å². The molecule has 0 aliphatic carbocycles. The maximum atomic E-state index is 12.1. The Morgan fingerprint density at radius 3 is 1.85 bits per heavy atom. The van der Waals surface area contributed by atoms with Crippen molar-refractivity contribution in [3.63, 3.8) is 0 Å². The van der Waals surface area contributed by atoms with Crippen molar-refractivity contribution in [1.29, 1.82) is 0 Å². The quantitative estimate of drug-likeness (QED) is 0.294. The lowest BCUT2D eigenvalue weighted by Gasteiger charge is -2.41. The van der Waals surface area contributed by atoms with Crippen LogP contribution in [0.15, 0.2) is 10.4 Å². The van der Waals surface area contributed by atoms with Crippen molar-refractivity contribution in [2.75, 3.05) is 0 Å². The highest BCUT2D eigenvalue weighted by Gasteiger charge is 2.41. The first-order valence-electron chi connectivity index (χ1n) is 9.64. The molecule has 2 atom stereocenters. The highest BCUT2D eigenvalue weighted by Crippen LogP contribution is 2.43. The van der Waals surface area contributed by atoms with Gasteiger partial charge in [-0.3, -0.25) is 9.59 Å². The number of unbranched alkanes of at least 4 members (excludes halogenated alkanes) is 3. The third-order valence-corrected chi connectivity index (χ3v) is 5.87. The summed E-state index contributed by atoms with van der Waals surface area (Å²) < 4.78 is 0. The number of carbonyl (C=O) groups is 2. The molecule has 0 radical (unpaired) electrons. The van der Waals surface area contributed by atoms with E-state index in [4.69, 9.17) is 0 Å². The molecular formula is C20H36N2O4. The largest absolute Gasteiger partial charge is 0.300 e. The second kappa shape index (κ2) is 11.3. The number of carbonyl (C=O) groups excluding carboxylic acids is 2. The number of hydrogen-bond donors (Lipinski definition) is 0. The van der Waals surface area contributed by atoms with E-state index in [-0.39, 0.29) is 28.4 Å². The number of rotatable bonds is 14. The van der Waals surface area contributed by atoms with E-state index in [9.17, 15) is 19.4 Å². The van der Waals surface area contributed by atoms with Crippen molar-refractivity contribution in [3.05, 3.63) is 9.81 Å². The van der Waals surface area contributed by atoms with Crippen molar-refractivity contribution in [3.8, 4) is 0 Å². The van der Waals surface area contributed by atoms with Crippen molar-refractivity contribution in [2.45, 2.75) is 105 Å². The Morgan fingerprint density at radius 1 is 0.808 bits per heavy atom. The SMILES string of the molecule is CC(=O)C(CCCCCCC(=O)CCC(N=O)C(C)(C)C(C)(C)C)N=O. The fourth-order valence-corrected chi connectivity index (χ4v) is 2.81. The van der Waals surface area contributed by atoms with Crippen molar-refractivity contribution >= 4 is 11.6 Å². The molecule has 0 fully saturated rings. The zero-order chi connectivity index (χ0) is 20.4. The number of nitrogens with zero attached hydrogens (tertiary/aromatic N) is 2. The van der Waals surface area contributed by atoms with E-state index in [1.165, 1.54) is 6.92 Å². The van der Waals surface area contributed by atoms with Crippen LogP contribution >= 0.6 is 0 Å². The molecule has 0 saturated carbocycles. The zero-order valence-electron chi connectivity index (χ0n) is 17.3. The molecule has 0 aromatic carbocycles. The molecule has 0 rings (SSSR count). The number of hydrogen-bond acceptors (Lipinski definition) is 6. The van der Waals surface area contributed by atoms with Gasteiger partial charge in [0.05, 0.1) is 6.04 Å². The van der Waals surface area contributed by atoms with Gasteiger partial charge >= 0.3 is 0 Å². The average molecular weight is 369 g/mol. The minimum absolute atomic E-state index is 0.0667. The molecule has 6 nitrogen and oxygen atoms in total. The fourth-order valence-electron chi connectivity index (χ4n) is 2.81. The Hall–Kier alpha value is -1.46. The van der Waals surface area contributed by atoms with Crippen LogP contribution in [0.5, 0.6) is 0 Å². The molecule has 0 bridgehead atoms. The first-order chi connectivity index (χ1) is 12.0. The van der Waals surface area contributed by atoms with Crippen LogP contribution in [0.2, 0.25) is 0 Å². The van der Waals surface area contributed by atoms with E-state index in [1.54, 1.807) is 0 Å². The summed E-state index contributed by atoms with van der Waals surface area (Å²) in [6, 6.07) is -1.10. The van der Waals surface area contributed by atoms with Gasteiger partial charge in [0.1, 0.15) is 11.8 Å². The fraction of sp³-hybridized carbons (Fsp3) is 0.900. The topological polar surface area (TPSA) is 93.0 Å². The Balaban J connectivity index is 4.08. The van der Waals surface area contributed by atoms with Crippen LogP contribution in [-0.4, -0.2) is 23.7 Å². The third-order valence-electron chi connectivity index (χ3n) is 5.87. The minimum atomic E-state index is -0.726. The second-order valence-corrected chi connectivity index (χ2v) is 8.85. The average Bonchev–Trinajstić information content (AvgIpc) is 2.53. The summed E-state index contributed by atoms with van der Waals surface area (Å²) in [4.78, 5) is 44.9. The molecule has 150 valence electrons. The van der Waals surface area contributed by atoms with Gasteiger partial charge in [-0.05, 0) is 37.0 Å². The van der Waals surface area contributed by atoms with Crippen LogP contribution in [0.3, 0.4) is 0 Å². The van der Waals surface area contributed by atoms with Gasteiger partial charge in [0.15, 0.2) is 5.78 Å². The number of nitroso groups, excluding NO2 is 2. The summed E-state index contributed by atoms with van der Waals surface area (Å²) in [6.45, 7) is 11.7. The molecular weight excluding hydrogens is 332 g/mol. The van der Waals surface area contributed by atoms with E-state index in [0.29, 0.717) is 25.7 Å². The van der Waals surface area contributed by atoms with E-state index >= 15 is 0 Å². The molecule has 0 aromatic rings. The van der Waals surface area contributed by atoms with E-state index < -0.39 is 6.04 Å². The van der Waals surface area contributed by atoms with Gasteiger partial charge in [0, 0.05) is 12.8 Å². The van der Waals surface area contributed by atoms with Gasteiger partial charge in [0.2, 0.25) is 0 Å². The van der Waals surface area contributed by atoms with Gasteiger partial charge in [-0.15, -0.1) is 0 Å². The molecule has 0 aliphatic rings. The summed E-state index contributed by atoms with van der Waals surface area (Å²) in [5.41, 5.74) is -0.336. The van der Waals surface area contributed by atoms with E-state index in [1.807, 2.05) is 13.8 Å². The van der Waals surface area contributed by atoms with E-state index in [2.05, 4.69) is 31.1 Å². The summed E-state index contributed by atoms with van der Waals surface area (Å²) in [7, 11) is 0. The van der Waals surface area contributed by atoms with Crippen molar-refractivity contribution in [2.24, 2.45) is 21.2 Å². The summed E-state index contributed by atoms with van der Waals surface area (Å²) in [6.07, 6.45) is 5.20. The number of ketones is 2. The minimum Gasteiger partial charge on any atom is -0.300 e. The molecule has 0 saturated heterocycles. The zero-order valence-corrected chi connectivity index (χ0v) is 17.3. The molecule has 0 amide bonds. The van der Waals surface area contributed by atoms with Crippen LogP contribution in [0.1, 0.15) is 92.9 Å². The third kappa shape index (κ3) is 8.28. The Labute approximate surface area is 157 Å². The van der Waals surface area contributed by atoms with Gasteiger partial charge < -0.3 is 0 Å². The van der Waals surface area contributed by atoms with Gasteiger partial charge in [-0.2, -0.15) is 9.81 Å². The first-order valence-corrected chi connectivity index (χ1v) is 9.64. The lowest BCUT2D eigenvalue weighted by Crippen LogP contribution is -2.40. The summed E-state index contributed by atoms with van der Waals surface area (Å²) in [5, 5.41) is 6.12. The Morgan fingerprint density at radius 2 is 1.38 bits per heavy atom. The van der Waals surface area contributed by atoms with Crippen LogP contribution in [0.25, 0.3) is 0 Å². The second-order valence-electron chi connectivity index (χ2n) is 8.85. The maximum absolute atomic E-state index is 12.1. The first kappa shape index (κ1) is 24.5. The van der Waals surface area contributed by atoms with Crippen LogP contribution < -0.4 is 0 Å². The molecule has 26 heavy (non-hydrogen) atoms. The summed E-state index contributed by atoms with van der Waals surface area (Å²) >= 11 is 0. The normalized spacial score (nSPS) is 14.5. The van der Waals surface area contributed by atoms with Gasteiger partial charge in [0.25, 0.3) is 0 Å². The Kier molecular flexibility index (Phi) is 10.7. The number of Topliss-reactive ketones (excluding diaryl/α,β-unsaturated/α-hetero) is 2. The van der Waals surface area contributed by atoms with Crippen LogP contribution in [0, 0.1) is 20.6 Å². The van der Waals surface area contributed by atoms with Gasteiger partial charge in [-0.1, -0.05) is 64.2 Å². The smallest absolute Gasteiger partial charge is 0.157 e. The maximum Gasteiger partial charge on any atom is 0.157 e. The Bertz CT molecular complexity index is 481. The molecule has 2 unspecified atom stereocenters. The lowest BCUT2D eigenvalue weighted by atomic mass is 9.64. The standard InChI is InChI=1S/C20H36N2O4/c1-15(23)17(21-25)12-10-8-7-9-11-16(24)13-14-18(22-26)20(5,6)19(2,3)4/h17-18H,7-14H2,1-6H3.